The lowest BCUT2D eigenvalue weighted by atomic mass is 10.0. The topological polar surface area (TPSA) is 65.5 Å². The molecule has 1 aliphatic rings. The molecule has 6 nitrogen and oxygen atoms in total. The van der Waals surface area contributed by atoms with Gasteiger partial charge in [0.2, 0.25) is 5.91 Å². The number of carbonyl (C=O) groups is 2. The second-order valence-electron chi connectivity index (χ2n) is 8.09. The fourth-order valence-corrected chi connectivity index (χ4v) is 4.48. The highest BCUT2D eigenvalue weighted by molar-refractivity contribution is 7.11. The first kappa shape index (κ1) is 22.4. The van der Waals surface area contributed by atoms with Gasteiger partial charge in [-0.15, -0.1) is 11.3 Å². The van der Waals surface area contributed by atoms with E-state index in [0.29, 0.717) is 18.0 Å². The predicted octanol–water partition coefficient (Wildman–Crippen LogP) is 3.39. The molecule has 3 rings (SSSR count). The number of likely N-dealkylation sites (tertiary alicyclic amines) is 1. The average Bonchev–Trinajstić information content (AvgIpc) is 3.16. The molecule has 0 saturated carbocycles. The van der Waals surface area contributed by atoms with Crippen LogP contribution in [0, 0.1) is 13.8 Å². The highest BCUT2D eigenvalue weighted by Gasteiger charge is 2.25. The van der Waals surface area contributed by atoms with Crippen LogP contribution in [0.4, 0.5) is 0 Å². The van der Waals surface area contributed by atoms with Crippen molar-refractivity contribution in [3.8, 4) is 0 Å². The van der Waals surface area contributed by atoms with E-state index in [9.17, 15) is 9.59 Å². The fraction of sp³-hybridized carbons (Fsp3) is 0.522. The van der Waals surface area contributed by atoms with Gasteiger partial charge < -0.3 is 10.2 Å². The third-order valence-electron chi connectivity index (χ3n) is 5.57. The predicted molar refractivity (Wildman–Crippen MR) is 121 cm³/mol. The molecular weight excluding hydrogens is 396 g/mol. The number of carbonyl (C=O) groups excluding carboxylic acids is 2. The minimum Gasteiger partial charge on any atom is -0.348 e. The van der Waals surface area contributed by atoms with Crippen molar-refractivity contribution in [2.24, 2.45) is 0 Å². The molecule has 0 aliphatic carbocycles. The zero-order valence-electron chi connectivity index (χ0n) is 18.2. The van der Waals surface area contributed by atoms with Crippen LogP contribution in [-0.4, -0.2) is 58.8 Å². The van der Waals surface area contributed by atoms with E-state index in [2.05, 4.69) is 53.3 Å². The number of hydrogen-bond acceptors (Lipinski definition) is 5. The van der Waals surface area contributed by atoms with Crippen molar-refractivity contribution in [2.45, 2.75) is 52.6 Å². The lowest BCUT2D eigenvalue weighted by Gasteiger charge is -2.33. The maximum Gasteiger partial charge on any atom is 0.263 e. The number of benzene rings is 1. The van der Waals surface area contributed by atoms with Crippen molar-refractivity contribution in [1.82, 2.24) is 20.1 Å². The highest BCUT2D eigenvalue weighted by atomic mass is 32.1. The normalized spacial score (nSPS) is 15.2. The van der Waals surface area contributed by atoms with Crippen molar-refractivity contribution in [3.05, 3.63) is 51.5 Å². The number of aryl methyl sites for hydroxylation is 2. The van der Waals surface area contributed by atoms with Crippen LogP contribution in [0.3, 0.4) is 0 Å². The molecule has 2 heterocycles. The molecule has 0 unspecified atom stereocenters. The molecule has 1 fully saturated rings. The lowest BCUT2D eigenvalue weighted by Crippen LogP contribution is -2.48. The summed E-state index contributed by atoms with van der Waals surface area (Å²) < 4.78 is 0. The Kier molecular flexibility index (Phi) is 7.99. The minimum atomic E-state index is -0.0308. The Labute approximate surface area is 183 Å². The minimum absolute atomic E-state index is 0.0308. The summed E-state index contributed by atoms with van der Waals surface area (Å²) in [5.41, 5.74) is 4.89. The molecule has 1 aliphatic heterocycles. The molecule has 2 amide bonds. The van der Waals surface area contributed by atoms with Gasteiger partial charge in [-0.25, -0.2) is 4.98 Å². The highest BCUT2D eigenvalue weighted by Crippen LogP contribution is 2.16. The van der Waals surface area contributed by atoms with E-state index < -0.39 is 0 Å². The van der Waals surface area contributed by atoms with Gasteiger partial charge in [-0.3, -0.25) is 14.5 Å². The summed E-state index contributed by atoms with van der Waals surface area (Å²) >= 11 is 1.38. The smallest absolute Gasteiger partial charge is 0.263 e. The van der Waals surface area contributed by atoms with Gasteiger partial charge >= 0.3 is 0 Å². The largest absolute Gasteiger partial charge is 0.348 e. The maximum atomic E-state index is 12.9. The van der Waals surface area contributed by atoms with Crippen LogP contribution < -0.4 is 5.32 Å². The van der Waals surface area contributed by atoms with E-state index in [4.69, 9.17) is 0 Å². The van der Waals surface area contributed by atoms with Gasteiger partial charge in [-0.1, -0.05) is 36.8 Å². The van der Waals surface area contributed by atoms with Crippen molar-refractivity contribution in [3.63, 3.8) is 0 Å². The van der Waals surface area contributed by atoms with Gasteiger partial charge in [0.15, 0.2) is 0 Å². The third-order valence-corrected chi connectivity index (χ3v) is 6.50. The Morgan fingerprint density at radius 1 is 1.20 bits per heavy atom. The molecule has 1 aromatic carbocycles. The first-order chi connectivity index (χ1) is 14.5. The second kappa shape index (κ2) is 10.7. The Morgan fingerprint density at radius 2 is 1.90 bits per heavy atom. The summed E-state index contributed by atoms with van der Waals surface area (Å²) in [6.07, 6.45) is 2.67. The number of amides is 2. The molecule has 0 atom stereocenters. The van der Waals surface area contributed by atoms with Crippen molar-refractivity contribution in [2.75, 3.05) is 26.2 Å². The van der Waals surface area contributed by atoms with Crippen LogP contribution in [-0.2, 0) is 11.3 Å². The third kappa shape index (κ3) is 6.12. The summed E-state index contributed by atoms with van der Waals surface area (Å²) in [5.74, 6) is 0.150. The standard InChI is InChI=1S/C23H32N4O2S/c1-4-11-27(14-19-7-5-17(2)6-8-19)21(28)15-26-12-9-20(10-13-26)25-23(29)22-18(3)24-16-30-22/h5-8,16,20H,4,9-15H2,1-3H3,(H,25,29). The lowest BCUT2D eigenvalue weighted by molar-refractivity contribution is -0.133. The van der Waals surface area contributed by atoms with Crippen molar-refractivity contribution in [1.29, 1.82) is 0 Å². The molecule has 1 aromatic heterocycles. The average molecular weight is 429 g/mol. The van der Waals surface area contributed by atoms with Crippen molar-refractivity contribution < 1.29 is 9.59 Å². The van der Waals surface area contributed by atoms with E-state index in [1.165, 1.54) is 22.5 Å². The first-order valence-electron chi connectivity index (χ1n) is 10.7. The fourth-order valence-electron chi connectivity index (χ4n) is 3.77. The van der Waals surface area contributed by atoms with Crippen LogP contribution in [0.25, 0.3) is 0 Å². The van der Waals surface area contributed by atoms with Crippen LogP contribution in [0.5, 0.6) is 0 Å². The van der Waals surface area contributed by atoms with Crippen LogP contribution in [0.15, 0.2) is 29.8 Å². The summed E-state index contributed by atoms with van der Waals surface area (Å²) in [6.45, 7) is 9.56. The van der Waals surface area contributed by atoms with Gasteiger partial charge in [0.25, 0.3) is 5.91 Å². The van der Waals surface area contributed by atoms with E-state index in [0.717, 1.165) is 44.6 Å². The molecule has 1 saturated heterocycles. The molecule has 7 heteroatoms. The van der Waals surface area contributed by atoms with Gasteiger partial charge in [-0.2, -0.15) is 0 Å². The summed E-state index contributed by atoms with van der Waals surface area (Å²) in [7, 11) is 0. The number of hydrogen-bond donors (Lipinski definition) is 1. The van der Waals surface area contributed by atoms with Gasteiger partial charge in [0, 0.05) is 32.2 Å². The molecular formula is C23H32N4O2S. The quantitative estimate of drug-likeness (QED) is 0.700. The van der Waals surface area contributed by atoms with Crippen LogP contribution in [0.1, 0.15) is 52.7 Å². The summed E-state index contributed by atoms with van der Waals surface area (Å²) in [6, 6.07) is 8.55. The number of nitrogens with zero attached hydrogens (tertiary/aromatic N) is 3. The van der Waals surface area contributed by atoms with Gasteiger partial charge in [-0.05, 0) is 38.7 Å². The summed E-state index contributed by atoms with van der Waals surface area (Å²) in [4.78, 5) is 34.3. The first-order valence-corrected chi connectivity index (χ1v) is 11.6. The Hall–Kier alpha value is -2.25. The SMILES string of the molecule is CCCN(Cc1ccc(C)cc1)C(=O)CN1CCC(NC(=O)c2scnc2C)CC1. The van der Waals surface area contributed by atoms with E-state index in [-0.39, 0.29) is 17.9 Å². The zero-order chi connectivity index (χ0) is 21.5. The number of rotatable bonds is 8. The Morgan fingerprint density at radius 3 is 2.50 bits per heavy atom. The molecule has 2 aromatic rings. The Balaban J connectivity index is 1.47. The van der Waals surface area contributed by atoms with Crippen molar-refractivity contribution >= 4 is 23.2 Å². The maximum absolute atomic E-state index is 12.9. The molecule has 0 radical (unpaired) electrons. The monoisotopic (exact) mass is 428 g/mol. The summed E-state index contributed by atoms with van der Waals surface area (Å²) in [5, 5.41) is 3.13. The number of piperidine rings is 1. The van der Waals surface area contributed by atoms with Gasteiger partial charge in [0.05, 0.1) is 17.7 Å². The number of aromatic nitrogens is 1. The molecule has 1 N–H and O–H groups in total. The van der Waals surface area contributed by atoms with Crippen LogP contribution in [0.2, 0.25) is 0 Å². The van der Waals surface area contributed by atoms with E-state index >= 15 is 0 Å². The number of nitrogens with one attached hydrogen (secondary N) is 1. The molecule has 0 bridgehead atoms. The number of thiazole rings is 1. The van der Waals surface area contributed by atoms with Crippen LogP contribution >= 0.6 is 11.3 Å². The van der Waals surface area contributed by atoms with E-state index in [1.54, 1.807) is 5.51 Å². The second-order valence-corrected chi connectivity index (χ2v) is 8.95. The zero-order valence-corrected chi connectivity index (χ0v) is 19.0. The molecule has 162 valence electrons. The molecule has 0 spiro atoms. The van der Waals surface area contributed by atoms with E-state index in [1.807, 2.05) is 11.8 Å². The molecule has 30 heavy (non-hydrogen) atoms. The Bertz CT molecular complexity index is 841. The van der Waals surface area contributed by atoms with Gasteiger partial charge in [0.1, 0.15) is 4.88 Å².